The number of likely N-dealkylation sites (N-methyl/N-ethyl adjacent to an activating group) is 1. The Morgan fingerprint density at radius 3 is 2.46 bits per heavy atom. The normalized spacial score (nSPS) is 11.6. The number of aliphatic hydroxyl groups is 1. The molecule has 0 saturated heterocycles. The number of aliphatic hydroxyl groups excluding tert-OH is 1. The van der Waals surface area contributed by atoms with Gasteiger partial charge in [0.15, 0.2) is 0 Å². The molecular weight excluding hydrogens is 468 g/mol. The van der Waals surface area contributed by atoms with Crippen LogP contribution in [0.2, 0.25) is 0 Å². The molecule has 1 amide bonds. The van der Waals surface area contributed by atoms with Gasteiger partial charge in [0.1, 0.15) is 11.5 Å². The topological polar surface area (TPSA) is 99.0 Å². The van der Waals surface area contributed by atoms with Crippen LogP contribution in [0.5, 0.6) is 11.5 Å². The predicted octanol–water partition coefficient (Wildman–Crippen LogP) is 4.30. The maximum absolute atomic E-state index is 13.6. The monoisotopic (exact) mass is 498 g/mol. The first kappa shape index (κ1) is 25.7. The zero-order chi connectivity index (χ0) is 26.4. The molecular formula is C29H30N4O4. The van der Waals surface area contributed by atoms with Gasteiger partial charge in [-0.2, -0.15) is 0 Å². The molecule has 0 fully saturated rings. The maximum atomic E-state index is 13.6. The highest BCUT2D eigenvalue weighted by Crippen LogP contribution is 2.32. The first-order valence-corrected chi connectivity index (χ1v) is 11.8. The zero-order valence-corrected chi connectivity index (χ0v) is 21.1. The molecule has 8 heteroatoms. The summed E-state index contributed by atoms with van der Waals surface area (Å²) in [6.45, 7) is 0.610. The molecule has 8 nitrogen and oxygen atoms in total. The molecule has 2 N–H and O–H groups in total. The second-order valence-electron chi connectivity index (χ2n) is 8.77. The first-order chi connectivity index (χ1) is 17.9. The first-order valence-electron chi connectivity index (χ1n) is 11.8. The third-order valence-electron chi connectivity index (χ3n) is 6.02. The van der Waals surface area contributed by atoms with E-state index >= 15 is 0 Å². The highest BCUT2D eigenvalue weighted by molar-refractivity contribution is 6.00. The van der Waals surface area contributed by atoms with Gasteiger partial charge < -0.3 is 24.7 Å². The van der Waals surface area contributed by atoms with Crippen LogP contribution < -0.4 is 9.64 Å². The molecule has 4 rings (SSSR count). The summed E-state index contributed by atoms with van der Waals surface area (Å²) in [5.74, 6) is 0.739. The van der Waals surface area contributed by atoms with E-state index in [0.29, 0.717) is 35.1 Å². The molecule has 37 heavy (non-hydrogen) atoms. The number of aromatic hydroxyl groups is 1. The second-order valence-corrected chi connectivity index (χ2v) is 8.77. The van der Waals surface area contributed by atoms with Crippen molar-refractivity contribution >= 4 is 11.9 Å². The zero-order valence-electron chi connectivity index (χ0n) is 21.1. The summed E-state index contributed by atoms with van der Waals surface area (Å²) in [4.78, 5) is 26.2. The minimum Gasteiger partial charge on any atom is -0.508 e. The average molecular weight is 499 g/mol. The van der Waals surface area contributed by atoms with Crippen LogP contribution in [0.15, 0.2) is 85.1 Å². The van der Waals surface area contributed by atoms with Gasteiger partial charge in [-0.15, -0.1) is 0 Å². The van der Waals surface area contributed by atoms with Crippen LogP contribution in [-0.2, 0) is 6.54 Å². The Morgan fingerprint density at radius 1 is 1.00 bits per heavy atom. The van der Waals surface area contributed by atoms with Crippen molar-refractivity contribution in [3.63, 3.8) is 0 Å². The molecule has 1 heterocycles. The van der Waals surface area contributed by atoms with Crippen molar-refractivity contribution in [1.82, 2.24) is 14.9 Å². The number of rotatable bonds is 9. The van der Waals surface area contributed by atoms with Gasteiger partial charge in [-0.05, 0) is 35.4 Å². The summed E-state index contributed by atoms with van der Waals surface area (Å²) in [6.07, 6.45) is 0.540. The molecule has 1 aromatic heterocycles. The Labute approximate surface area is 216 Å². The lowest BCUT2D eigenvalue weighted by molar-refractivity contribution is 0.0681. The van der Waals surface area contributed by atoms with E-state index in [1.165, 1.54) is 23.2 Å². The average Bonchev–Trinajstić information content (AvgIpc) is 2.92. The molecule has 4 aromatic rings. The van der Waals surface area contributed by atoms with Crippen molar-refractivity contribution in [1.29, 1.82) is 0 Å². The smallest absolute Gasteiger partial charge is 0.257 e. The van der Waals surface area contributed by atoms with E-state index in [-0.39, 0.29) is 23.8 Å². The fourth-order valence-corrected chi connectivity index (χ4v) is 4.07. The van der Waals surface area contributed by atoms with Crippen molar-refractivity contribution < 1.29 is 19.7 Å². The minimum atomic E-state index is -0.979. The number of hydrogen-bond acceptors (Lipinski definition) is 7. The van der Waals surface area contributed by atoms with Crippen molar-refractivity contribution in [2.45, 2.75) is 12.6 Å². The van der Waals surface area contributed by atoms with Gasteiger partial charge >= 0.3 is 0 Å². The molecule has 3 aromatic carbocycles. The number of carbonyl (C=O) groups is 1. The van der Waals surface area contributed by atoms with Crippen LogP contribution in [0.1, 0.15) is 27.6 Å². The van der Waals surface area contributed by atoms with E-state index in [2.05, 4.69) is 4.98 Å². The van der Waals surface area contributed by atoms with Crippen LogP contribution in [0, 0.1) is 0 Å². The van der Waals surface area contributed by atoms with Gasteiger partial charge in [-0.25, -0.2) is 9.97 Å². The van der Waals surface area contributed by atoms with E-state index in [1.807, 2.05) is 66.5 Å². The van der Waals surface area contributed by atoms with Crippen LogP contribution in [0.4, 0.5) is 5.95 Å². The number of anilines is 1. The van der Waals surface area contributed by atoms with Crippen molar-refractivity contribution in [3.05, 3.63) is 102 Å². The maximum Gasteiger partial charge on any atom is 0.257 e. The number of phenolic OH excluding ortho intramolecular Hbond substituents is 1. The predicted molar refractivity (Wildman–Crippen MR) is 143 cm³/mol. The van der Waals surface area contributed by atoms with Crippen LogP contribution in [0.3, 0.4) is 0 Å². The lowest BCUT2D eigenvalue weighted by Gasteiger charge is -2.23. The molecule has 0 radical (unpaired) electrons. The van der Waals surface area contributed by atoms with Crippen molar-refractivity contribution in [3.8, 4) is 22.8 Å². The Bertz CT molecular complexity index is 1360. The standard InChI is InChI=1S/C29H30N4O4/c1-32(19-25(35)21-12-9-13-22(34)16-21)28(36)24-17-30-29(33(2)18-20-10-5-4-6-11-20)31-27(24)23-14-7-8-15-26(23)37-3/h4-17,25,34-35H,18-19H2,1-3H3. The Balaban J connectivity index is 1.67. The highest BCUT2D eigenvalue weighted by atomic mass is 16.5. The number of ether oxygens (including phenoxy) is 1. The highest BCUT2D eigenvalue weighted by Gasteiger charge is 2.24. The summed E-state index contributed by atoms with van der Waals surface area (Å²) in [6, 6.07) is 23.7. The number of benzene rings is 3. The second kappa shape index (κ2) is 11.5. The summed E-state index contributed by atoms with van der Waals surface area (Å²) >= 11 is 0. The van der Waals surface area contributed by atoms with Gasteiger partial charge in [0.05, 0.1) is 31.0 Å². The minimum absolute atomic E-state index is 0.0172. The van der Waals surface area contributed by atoms with Gasteiger partial charge in [-0.3, -0.25) is 4.79 Å². The Morgan fingerprint density at radius 2 is 1.73 bits per heavy atom. The van der Waals surface area contributed by atoms with E-state index in [4.69, 9.17) is 9.72 Å². The number of aromatic nitrogens is 2. The SMILES string of the molecule is COc1ccccc1-c1nc(N(C)Cc2ccccc2)ncc1C(=O)N(C)CC(O)c1cccc(O)c1. The molecule has 0 aliphatic carbocycles. The number of phenols is 1. The molecule has 0 aliphatic heterocycles. The van der Waals surface area contributed by atoms with Crippen LogP contribution >= 0.6 is 0 Å². The number of carbonyl (C=O) groups excluding carboxylic acids is 1. The van der Waals surface area contributed by atoms with Gasteiger partial charge in [-0.1, -0.05) is 54.6 Å². The largest absolute Gasteiger partial charge is 0.508 e. The van der Waals surface area contributed by atoms with Crippen molar-refractivity contribution in [2.24, 2.45) is 0 Å². The summed E-state index contributed by atoms with van der Waals surface area (Å²) in [7, 11) is 5.07. The molecule has 0 bridgehead atoms. The molecule has 0 spiro atoms. The molecule has 0 aliphatic rings. The fourth-order valence-electron chi connectivity index (χ4n) is 4.07. The third-order valence-corrected chi connectivity index (χ3v) is 6.02. The Hall–Kier alpha value is -4.43. The molecule has 1 atom stereocenters. The van der Waals surface area contributed by atoms with E-state index in [1.54, 1.807) is 26.3 Å². The van der Waals surface area contributed by atoms with E-state index in [0.717, 1.165) is 5.56 Å². The van der Waals surface area contributed by atoms with E-state index in [9.17, 15) is 15.0 Å². The van der Waals surface area contributed by atoms with Crippen LogP contribution in [-0.4, -0.2) is 58.7 Å². The lowest BCUT2D eigenvalue weighted by Crippen LogP contribution is -2.32. The molecule has 1 unspecified atom stereocenters. The fraction of sp³-hybridized carbons (Fsp3) is 0.207. The number of methoxy groups -OCH3 is 1. The van der Waals surface area contributed by atoms with E-state index < -0.39 is 6.10 Å². The van der Waals surface area contributed by atoms with Crippen LogP contribution in [0.25, 0.3) is 11.3 Å². The lowest BCUT2D eigenvalue weighted by atomic mass is 10.0. The quantitative estimate of drug-likeness (QED) is 0.355. The summed E-state index contributed by atoms with van der Waals surface area (Å²) in [5.41, 5.74) is 3.00. The number of nitrogens with zero attached hydrogens (tertiary/aromatic N) is 4. The third kappa shape index (κ3) is 6.05. The molecule has 0 saturated carbocycles. The van der Waals surface area contributed by atoms with Crippen molar-refractivity contribution in [2.75, 3.05) is 32.6 Å². The van der Waals surface area contributed by atoms with Gasteiger partial charge in [0.25, 0.3) is 5.91 Å². The summed E-state index contributed by atoms with van der Waals surface area (Å²) < 4.78 is 5.56. The number of amides is 1. The Kier molecular flexibility index (Phi) is 8.00. The number of para-hydroxylation sites is 1. The molecule has 190 valence electrons. The summed E-state index contributed by atoms with van der Waals surface area (Å²) in [5, 5.41) is 20.4. The van der Waals surface area contributed by atoms with Gasteiger partial charge in [0.2, 0.25) is 5.95 Å². The van der Waals surface area contributed by atoms with Gasteiger partial charge in [0, 0.05) is 32.4 Å². The number of hydrogen-bond donors (Lipinski definition) is 2.